The van der Waals surface area contributed by atoms with Crippen LogP contribution in [0.2, 0.25) is 0 Å². The van der Waals surface area contributed by atoms with Crippen LogP contribution in [0.15, 0.2) is 54.9 Å². The molecular weight excluding hydrogens is 422 g/mol. The van der Waals surface area contributed by atoms with Gasteiger partial charge in [-0.2, -0.15) is 0 Å². The average Bonchev–Trinajstić information content (AvgIpc) is 3.45. The fourth-order valence-corrected chi connectivity index (χ4v) is 4.41. The number of aromatic hydroxyl groups is 1. The molecule has 33 heavy (non-hydrogen) atoms. The highest BCUT2D eigenvalue weighted by Gasteiger charge is 2.35. The minimum absolute atomic E-state index is 0.0606. The van der Waals surface area contributed by atoms with E-state index in [2.05, 4.69) is 10.3 Å². The van der Waals surface area contributed by atoms with Gasteiger partial charge in [-0.3, -0.25) is 14.9 Å². The Balaban J connectivity index is 1.71. The second-order valence-electron chi connectivity index (χ2n) is 7.99. The van der Waals surface area contributed by atoms with E-state index in [1.807, 2.05) is 31.2 Å². The molecule has 1 atom stereocenters. The number of carbonyl (C=O) groups is 2. The summed E-state index contributed by atoms with van der Waals surface area (Å²) in [4.78, 5) is 29.0. The number of aliphatic hydroxyl groups excluding tert-OH is 1. The van der Waals surface area contributed by atoms with Crippen molar-refractivity contribution in [1.82, 2.24) is 14.9 Å². The highest BCUT2D eigenvalue weighted by Crippen LogP contribution is 2.39. The summed E-state index contributed by atoms with van der Waals surface area (Å²) in [6.07, 6.45) is 2.69. The second-order valence-corrected chi connectivity index (χ2v) is 7.99. The lowest BCUT2D eigenvalue weighted by molar-refractivity contribution is -0.122. The van der Waals surface area contributed by atoms with Crippen molar-refractivity contribution in [3.63, 3.8) is 0 Å². The van der Waals surface area contributed by atoms with Crippen LogP contribution in [0.1, 0.15) is 18.1 Å². The van der Waals surface area contributed by atoms with E-state index < -0.39 is 17.9 Å². The van der Waals surface area contributed by atoms with Gasteiger partial charge in [-0.05, 0) is 25.1 Å². The molecule has 8 nitrogen and oxygen atoms in total. The molecule has 0 aliphatic carbocycles. The lowest BCUT2D eigenvalue weighted by Gasteiger charge is -2.12. The number of nitrogens with one attached hydrogen (secondary N) is 2. The molecule has 0 saturated heterocycles. The number of aromatic amines is 1. The monoisotopic (exact) mass is 445 g/mol. The van der Waals surface area contributed by atoms with Crippen molar-refractivity contribution in [3.05, 3.63) is 66.0 Å². The molecule has 5 rings (SSSR count). The molecule has 8 heteroatoms. The van der Waals surface area contributed by atoms with Gasteiger partial charge >= 0.3 is 0 Å². The van der Waals surface area contributed by atoms with Gasteiger partial charge in [0, 0.05) is 52.5 Å². The van der Waals surface area contributed by atoms with E-state index >= 15 is 0 Å². The van der Waals surface area contributed by atoms with E-state index in [4.69, 9.17) is 4.74 Å². The molecule has 2 aromatic carbocycles. The highest BCUT2D eigenvalue weighted by molar-refractivity contribution is 6.50. The maximum Gasteiger partial charge on any atom is 0.259 e. The van der Waals surface area contributed by atoms with Crippen LogP contribution >= 0.6 is 0 Å². The molecule has 0 saturated carbocycles. The number of para-hydroxylation sites is 1. The largest absolute Gasteiger partial charge is 0.508 e. The van der Waals surface area contributed by atoms with Gasteiger partial charge in [0.15, 0.2) is 0 Å². The predicted molar refractivity (Wildman–Crippen MR) is 124 cm³/mol. The summed E-state index contributed by atoms with van der Waals surface area (Å²) in [6, 6.07) is 12.4. The molecular formula is C25H23N3O5. The number of carbonyl (C=O) groups excluding carboxylic acids is 2. The first-order chi connectivity index (χ1) is 16.0. The topological polar surface area (TPSA) is 117 Å². The molecule has 0 fully saturated rings. The lowest BCUT2D eigenvalue weighted by Crippen LogP contribution is -2.22. The normalized spacial score (nSPS) is 15.1. The quantitative estimate of drug-likeness (QED) is 0.327. The van der Waals surface area contributed by atoms with Crippen LogP contribution in [0.3, 0.4) is 0 Å². The van der Waals surface area contributed by atoms with Gasteiger partial charge in [0.25, 0.3) is 11.8 Å². The molecule has 3 heterocycles. The number of hydrogen-bond acceptors (Lipinski definition) is 5. The Morgan fingerprint density at radius 2 is 1.79 bits per heavy atom. The van der Waals surface area contributed by atoms with Crippen LogP contribution in [-0.2, 0) is 20.9 Å². The molecule has 0 bridgehead atoms. The number of imide groups is 1. The van der Waals surface area contributed by atoms with E-state index in [1.165, 1.54) is 6.07 Å². The lowest BCUT2D eigenvalue weighted by atomic mass is 9.95. The van der Waals surface area contributed by atoms with Gasteiger partial charge < -0.3 is 24.5 Å². The van der Waals surface area contributed by atoms with Crippen LogP contribution in [0.25, 0.3) is 33.0 Å². The van der Waals surface area contributed by atoms with Crippen molar-refractivity contribution in [1.29, 1.82) is 0 Å². The number of aliphatic hydroxyl groups is 1. The minimum Gasteiger partial charge on any atom is -0.508 e. The standard InChI is InChI=1S/C25H23N3O5/c1-2-33-13-15(30)11-28-12-19(17-8-7-14(29)9-21(17)28)23-22(24(31)27-25(23)32)18-10-26-20-6-4-3-5-16(18)20/h3-10,12,15,26,29-30H,2,11,13H2,1H3,(H,27,31,32). The van der Waals surface area contributed by atoms with Crippen LogP contribution in [0.4, 0.5) is 0 Å². The number of fused-ring (bicyclic) bond motifs is 2. The van der Waals surface area contributed by atoms with Crippen molar-refractivity contribution < 1.29 is 24.5 Å². The summed E-state index contributed by atoms with van der Waals surface area (Å²) < 4.78 is 7.08. The first-order valence-corrected chi connectivity index (χ1v) is 10.7. The fourth-order valence-electron chi connectivity index (χ4n) is 4.41. The summed E-state index contributed by atoms with van der Waals surface area (Å²) >= 11 is 0. The first kappa shape index (κ1) is 21.0. The van der Waals surface area contributed by atoms with Crippen molar-refractivity contribution >= 4 is 44.8 Å². The van der Waals surface area contributed by atoms with E-state index in [9.17, 15) is 19.8 Å². The second kappa shape index (κ2) is 8.23. The number of phenols is 1. The molecule has 2 amide bonds. The Hall–Kier alpha value is -3.88. The fraction of sp³-hybridized carbons (Fsp3) is 0.200. The zero-order valence-corrected chi connectivity index (χ0v) is 18.0. The number of hydrogen-bond donors (Lipinski definition) is 4. The zero-order chi connectivity index (χ0) is 23.1. The van der Waals surface area contributed by atoms with Gasteiger partial charge in [-0.1, -0.05) is 18.2 Å². The van der Waals surface area contributed by atoms with Gasteiger partial charge in [0.05, 0.1) is 35.9 Å². The maximum atomic E-state index is 13.0. The predicted octanol–water partition coefficient (Wildman–Crippen LogP) is 2.79. The molecule has 0 spiro atoms. The summed E-state index contributed by atoms with van der Waals surface area (Å²) in [5.41, 5.74) is 3.24. The Labute approximate surface area is 189 Å². The molecule has 1 unspecified atom stereocenters. The Morgan fingerprint density at radius 1 is 1.03 bits per heavy atom. The van der Waals surface area contributed by atoms with Gasteiger partial charge in [0.2, 0.25) is 0 Å². The number of aromatic nitrogens is 2. The third kappa shape index (κ3) is 3.59. The Bertz CT molecular complexity index is 1430. The van der Waals surface area contributed by atoms with Gasteiger partial charge in [0.1, 0.15) is 5.75 Å². The van der Waals surface area contributed by atoms with Gasteiger partial charge in [-0.25, -0.2) is 0 Å². The summed E-state index contributed by atoms with van der Waals surface area (Å²) in [7, 11) is 0. The van der Waals surface area contributed by atoms with Crippen molar-refractivity contribution in [3.8, 4) is 5.75 Å². The smallest absolute Gasteiger partial charge is 0.259 e. The molecule has 4 aromatic rings. The number of rotatable bonds is 7. The minimum atomic E-state index is -0.781. The number of amides is 2. The Kier molecular flexibility index (Phi) is 5.24. The van der Waals surface area contributed by atoms with E-state index in [0.29, 0.717) is 34.2 Å². The SMILES string of the molecule is CCOCC(O)Cn1cc(C2=C(c3c[nH]c4ccccc34)C(=O)NC2=O)c2ccc(O)cc21. The molecule has 2 aromatic heterocycles. The molecule has 1 aliphatic rings. The van der Waals surface area contributed by atoms with Crippen LogP contribution in [-0.4, -0.2) is 50.9 Å². The van der Waals surface area contributed by atoms with E-state index in [-0.39, 0.29) is 24.5 Å². The first-order valence-electron chi connectivity index (χ1n) is 10.7. The van der Waals surface area contributed by atoms with Crippen LogP contribution < -0.4 is 5.32 Å². The molecule has 0 radical (unpaired) electrons. The number of phenolic OH excluding ortho intramolecular Hbond substituents is 1. The number of benzene rings is 2. The van der Waals surface area contributed by atoms with Crippen LogP contribution in [0.5, 0.6) is 5.75 Å². The number of H-pyrrole nitrogens is 1. The maximum absolute atomic E-state index is 13.0. The molecule has 4 N–H and O–H groups in total. The average molecular weight is 445 g/mol. The number of nitrogens with zero attached hydrogens (tertiary/aromatic N) is 1. The van der Waals surface area contributed by atoms with Crippen LogP contribution in [0, 0.1) is 0 Å². The third-order valence-electron chi connectivity index (χ3n) is 5.85. The van der Waals surface area contributed by atoms with E-state index in [0.717, 1.165) is 10.9 Å². The molecule has 1 aliphatic heterocycles. The summed E-state index contributed by atoms with van der Waals surface area (Å²) in [6.45, 7) is 2.69. The highest BCUT2D eigenvalue weighted by atomic mass is 16.5. The van der Waals surface area contributed by atoms with E-state index in [1.54, 1.807) is 29.1 Å². The number of ether oxygens (including phenoxy) is 1. The van der Waals surface area contributed by atoms with Crippen molar-refractivity contribution in [2.75, 3.05) is 13.2 Å². The van der Waals surface area contributed by atoms with Crippen molar-refractivity contribution in [2.45, 2.75) is 19.6 Å². The molecule has 168 valence electrons. The van der Waals surface area contributed by atoms with Crippen molar-refractivity contribution in [2.24, 2.45) is 0 Å². The zero-order valence-electron chi connectivity index (χ0n) is 18.0. The summed E-state index contributed by atoms with van der Waals surface area (Å²) in [5.74, 6) is -0.886. The Morgan fingerprint density at radius 3 is 2.58 bits per heavy atom. The summed E-state index contributed by atoms with van der Waals surface area (Å²) in [5, 5.41) is 24.4. The van der Waals surface area contributed by atoms with Gasteiger partial charge in [-0.15, -0.1) is 0 Å². The third-order valence-corrected chi connectivity index (χ3v) is 5.85.